The number of hydrogen-bond donors (Lipinski definition) is 2. The van der Waals surface area contributed by atoms with Crippen LogP contribution in [0.3, 0.4) is 0 Å². The van der Waals surface area contributed by atoms with Gasteiger partial charge in [-0.3, -0.25) is 14.9 Å². The van der Waals surface area contributed by atoms with Gasteiger partial charge in [0.25, 0.3) is 5.91 Å². The zero-order valence-corrected chi connectivity index (χ0v) is 15.3. The first-order valence-electron chi connectivity index (χ1n) is 7.71. The van der Waals surface area contributed by atoms with Crippen LogP contribution < -0.4 is 20.1 Å². The molecule has 3 rings (SSSR count). The number of fused-ring (bicyclic) bond motifs is 1. The molecule has 0 saturated carbocycles. The Bertz CT molecular complexity index is 984. The van der Waals surface area contributed by atoms with Crippen molar-refractivity contribution >= 4 is 44.2 Å². The van der Waals surface area contributed by atoms with Crippen molar-refractivity contribution in [3.05, 3.63) is 42.0 Å². The average Bonchev–Trinajstić information content (AvgIpc) is 3.01. The maximum absolute atomic E-state index is 12.6. The maximum Gasteiger partial charge on any atom is 0.261 e. The molecule has 0 fully saturated rings. The number of anilines is 2. The van der Waals surface area contributed by atoms with Crippen LogP contribution in [0.4, 0.5) is 10.8 Å². The number of amides is 2. The van der Waals surface area contributed by atoms with Gasteiger partial charge in [-0.25, -0.2) is 4.98 Å². The lowest BCUT2D eigenvalue weighted by Crippen LogP contribution is -2.13. The smallest absolute Gasteiger partial charge is 0.261 e. The first-order chi connectivity index (χ1) is 12.5. The van der Waals surface area contributed by atoms with Crippen molar-refractivity contribution in [3.8, 4) is 11.5 Å². The summed E-state index contributed by atoms with van der Waals surface area (Å²) in [6, 6.07) is 10.4. The number of rotatable bonds is 5. The predicted octanol–water partition coefficient (Wildman–Crippen LogP) is 3.52. The van der Waals surface area contributed by atoms with Crippen molar-refractivity contribution in [2.24, 2.45) is 0 Å². The fraction of sp³-hybridized carbons (Fsp3) is 0.167. The Morgan fingerprint density at radius 3 is 2.54 bits per heavy atom. The van der Waals surface area contributed by atoms with Crippen LogP contribution in [-0.4, -0.2) is 31.0 Å². The van der Waals surface area contributed by atoms with Gasteiger partial charge in [-0.2, -0.15) is 0 Å². The maximum atomic E-state index is 12.6. The molecule has 3 aromatic rings. The second kappa shape index (κ2) is 7.40. The summed E-state index contributed by atoms with van der Waals surface area (Å²) in [7, 11) is 3.03. The first kappa shape index (κ1) is 17.7. The van der Waals surface area contributed by atoms with Crippen molar-refractivity contribution in [1.82, 2.24) is 4.98 Å². The molecule has 2 amide bonds. The van der Waals surface area contributed by atoms with Gasteiger partial charge in [-0.15, -0.1) is 0 Å². The lowest BCUT2D eigenvalue weighted by molar-refractivity contribution is -0.114. The summed E-state index contributed by atoms with van der Waals surface area (Å²) in [5.41, 5.74) is 1.77. The number of nitrogens with zero attached hydrogens (tertiary/aromatic N) is 1. The lowest BCUT2D eigenvalue weighted by Gasteiger charge is -2.09. The van der Waals surface area contributed by atoms with E-state index in [2.05, 4.69) is 15.6 Å². The van der Waals surface area contributed by atoms with E-state index >= 15 is 0 Å². The van der Waals surface area contributed by atoms with Crippen LogP contribution in [0.25, 0.3) is 10.2 Å². The van der Waals surface area contributed by atoms with Gasteiger partial charge in [0, 0.05) is 12.6 Å². The molecule has 26 heavy (non-hydrogen) atoms. The van der Waals surface area contributed by atoms with Gasteiger partial charge in [0.05, 0.1) is 30.0 Å². The van der Waals surface area contributed by atoms with E-state index in [9.17, 15) is 9.59 Å². The van der Waals surface area contributed by atoms with Crippen LogP contribution in [0.1, 0.15) is 17.3 Å². The highest BCUT2D eigenvalue weighted by Crippen LogP contribution is 2.30. The monoisotopic (exact) mass is 371 g/mol. The van der Waals surface area contributed by atoms with Gasteiger partial charge >= 0.3 is 0 Å². The van der Waals surface area contributed by atoms with Crippen LogP contribution >= 0.6 is 11.3 Å². The molecule has 7 nitrogen and oxygen atoms in total. The summed E-state index contributed by atoms with van der Waals surface area (Å²) in [5, 5.41) is 5.96. The van der Waals surface area contributed by atoms with Gasteiger partial charge < -0.3 is 14.8 Å². The van der Waals surface area contributed by atoms with Gasteiger partial charge in [-0.1, -0.05) is 11.3 Å². The number of carbonyl (C=O) groups is 2. The van der Waals surface area contributed by atoms with E-state index in [-0.39, 0.29) is 11.8 Å². The molecule has 0 spiro atoms. The molecule has 8 heteroatoms. The Hall–Kier alpha value is -3.13. The van der Waals surface area contributed by atoms with E-state index in [1.807, 2.05) is 6.07 Å². The summed E-state index contributed by atoms with van der Waals surface area (Å²) < 4.78 is 11.3. The van der Waals surface area contributed by atoms with Crippen LogP contribution in [0.15, 0.2) is 36.4 Å². The van der Waals surface area contributed by atoms with Crippen LogP contribution in [-0.2, 0) is 4.79 Å². The van der Waals surface area contributed by atoms with Crippen molar-refractivity contribution in [2.45, 2.75) is 6.92 Å². The Morgan fingerprint density at radius 1 is 1.04 bits per heavy atom. The van der Waals surface area contributed by atoms with Gasteiger partial charge in [0.15, 0.2) is 5.13 Å². The van der Waals surface area contributed by atoms with Crippen molar-refractivity contribution in [2.75, 3.05) is 24.9 Å². The number of thiazole rings is 1. The van der Waals surface area contributed by atoms with Crippen molar-refractivity contribution < 1.29 is 19.1 Å². The third kappa shape index (κ3) is 3.75. The zero-order chi connectivity index (χ0) is 18.7. The molecule has 2 aromatic carbocycles. The second-order valence-electron chi connectivity index (χ2n) is 5.40. The normalized spacial score (nSPS) is 10.4. The standard InChI is InChI=1S/C18H17N3O4S/c1-10(22)19-11-4-6-14-16(8-11)26-18(20-14)21-17(23)13-9-12(24-2)5-7-15(13)25-3/h4-9H,1-3H3,(H,19,22)(H,20,21,23). The molecule has 0 unspecified atom stereocenters. The van der Waals surface area contributed by atoms with E-state index < -0.39 is 0 Å². The fourth-order valence-electron chi connectivity index (χ4n) is 2.42. The van der Waals surface area contributed by atoms with Gasteiger partial charge in [-0.05, 0) is 36.4 Å². The summed E-state index contributed by atoms with van der Waals surface area (Å²) in [4.78, 5) is 28.2. The first-order valence-corrected chi connectivity index (χ1v) is 8.53. The SMILES string of the molecule is COc1ccc(OC)c(C(=O)Nc2nc3ccc(NC(C)=O)cc3s2)c1. The fourth-order valence-corrected chi connectivity index (χ4v) is 3.32. The third-order valence-corrected chi connectivity index (χ3v) is 4.51. The zero-order valence-electron chi connectivity index (χ0n) is 14.5. The van der Waals surface area contributed by atoms with E-state index in [0.29, 0.717) is 27.9 Å². The minimum Gasteiger partial charge on any atom is -0.497 e. The third-order valence-electron chi connectivity index (χ3n) is 3.58. The van der Waals surface area contributed by atoms with Gasteiger partial charge in [0.2, 0.25) is 5.91 Å². The molecule has 0 atom stereocenters. The van der Waals surface area contributed by atoms with Gasteiger partial charge in [0.1, 0.15) is 11.5 Å². The van der Waals surface area contributed by atoms with Crippen molar-refractivity contribution in [1.29, 1.82) is 0 Å². The molecule has 0 bridgehead atoms. The van der Waals surface area contributed by atoms with E-state index in [1.54, 1.807) is 30.3 Å². The molecule has 1 aromatic heterocycles. The summed E-state index contributed by atoms with van der Waals surface area (Å²) in [5.74, 6) is 0.506. The molecule has 1 heterocycles. The van der Waals surface area contributed by atoms with Crippen LogP contribution in [0.5, 0.6) is 11.5 Å². The lowest BCUT2D eigenvalue weighted by atomic mass is 10.2. The summed E-state index contributed by atoms with van der Waals surface area (Å²) >= 11 is 1.32. The Labute approximate surface area is 154 Å². The molecule has 0 saturated heterocycles. The number of nitrogens with one attached hydrogen (secondary N) is 2. The number of methoxy groups -OCH3 is 2. The van der Waals surface area contributed by atoms with E-state index in [0.717, 1.165) is 10.2 Å². The second-order valence-corrected chi connectivity index (χ2v) is 6.43. The number of benzene rings is 2. The Kier molecular flexibility index (Phi) is 5.04. The minimum absolute atomic E-state index is 0.146. The Balaban J connectivity index is 1.86. The highest BCUT2D eigenvalue weighted by atomic mass is 32.1. The Morgan fingerprint density at radius 2 is 1.85 bits per heavy atom. The molecular formula is C18H17N3O4S. The highest BCUT2D eigenvalue weighted by molar-refractivity contribution is 7.22. The number of aromatic nitrogens is 1. The molecular weight excluding hydrogens is 354 g/mol. The van der Waals surface area contributed by atoms with Crippen molar-refractivity contribution in [3.63, 3.8) is 0 Å². The number of carbonyl (C=O) groups excluding carboxylic acids is 2. The largest absolute Gasteiger partial charge is 0.497 e. The number of hydrogen-bond acceptors (Lipinski definition) is 6. The molecule has 0 aliphatic heterocycles. The topological polar surface area (TPSA) is 89.6 Å². The quantitative estimate of drug-likeness (QED) is 0.716. The summed E-state index contributed by atoms with van der Waals surface area (Å²) in [6.45, 7) is 1.45. The molecule has 0 aliphatic rings. The highest BCUT2D eigenvalue weighted by Gasteiger charge is 2.16. The predicted molar refractivity (Wildman–Crippen MR) is 101 cm³/mol. The number of ether oxygens (including phenoxy) is 2. The molecule has 134 valence electrons. The molecule has 2 N–H and O–H groups in total. The molecule has 0 aliphatic carbocycles. The van der Waals surface area contributed by atoms with Crippen LogP contribution in [0.2, 0.25) is 0 Å². The van der Waals surface area contributed by atoms with Crippen LogP contribution in [0, 0.1) is 0 Å². The summed E-state index contributed by atoms with van der Waals surface area (Å²) in [6.07, 6.45) is 0. The van der Waals surface area contributed by atoms with E-state index in [4.69, 9.17) is 9.47 Å². The average molecular weight is 371 g/mol. The van der Waals surface area contributed by atoms with E-state index in [1.165, 1.54) is 32.5 Å². The molecule has 0 radical (unpaired) electrons. The minimum atomic E-state index is -0.345.